The van der Waals surface area contributed by atoms with Gasteiger partial charge in [-0.3, -0.25) is 4.79 Å². The lowest BCUT2D eigenvalue weighted by atomic mass is 9.93. The second-order valence-electron chi connectivity index (χ2n) is 5.69. The van der Waals surface area contributed by atoms with Crippen molar-refractivity contribution in [3.05, 3.63) is 35.4 Å². The van der Waals surface area contributed by atoms with Crippen LogP contribution in [0, 0.1) is 0 Å². The molecule has 1 saturated heterocycles. The molecule has 0 saturated carbocycles. The Kier molecular flexibility index (Phi) is 4.48. The number of ketones is 1. The zero-order valence-electron chi connectivity index (χ0n) is 11.8. The van der Waals surface area contributed by atoms with Gasteiger partial charge in [0, 0.05) is 13.0 Å². The highest BCUT2D eigenvalue weighted by molar-refractivity contribution is 5.85. The van der Waals surface area contributed by atoms with Crippen LogP contribution < -0.4 is 0 Å². The van der Waals surface area contributed by atoms with Crippen LogP contribution in [0.2, 0.25) is 0 Å². The average molecular weight is 274 g/mol. The smallest absolute Gasteiger partial charge is 0.166 e. The molecule has 0 aromatic heterocycles. The molecule has 0 N–H and O–H groups in total. The third-order valence-electron chi connectivity index (χ3n) is 4.26. The van der Waals surface area contributed by atoms with Crippen LogP contribution in [0.1, 0.15) is 49.3 Å². The predicted octanol–water partition coefficient (Wildman–Crippen LogP) is 3.22. The first kappa shape index (κ1) is 13.8. The van der Waals surface area contributed by atoms with E-state index in [2.05, 4.69) is 6.07 Å². The molecule has 2 aliphatic rings. The Hall–Kier alpha value is -1.19. The van der Waals surface area contributed by atoms with Crippen molar-refractivity contribution in [2.24, 2.45) is 0 Å². The largest absolute Gasteiger partial charge is 0.378 e. The quantitative estimate of drug-likeness (QED) is 0.827. The zero-order chi connectivity index (χ0) is 13.8. The van der Waals surface area contributed by atoms with E-state index in [-0.39, 0.29) is 11.9 Å². The SMILES string of the molecule is O=C(CCCC1CCCO1)C1OCCc2ccccc21. The van der Waals surface area contributed by atoms with Crippen molar-refractivity contribution in [3.63, 3.8) is 0 Å². The summed E-state index contributed by atoms with van der Waals surface area (Å²) in [6, 6.07) is 8.14. The Morgan fingerprint density at radius 2 is 2.10 bits per heavy atom. The molecule has 3 nitrogen and oxygen atoms in total. The minimum atomic E-state index is -0.343. The molecule has 1 aromatic carbocycles. The molecule has 2 atom stereocenters. The first-order valence-corrected chi connectivity index (χ1v) is 7.68. The number of carbonyl (C=O) groups excluding carboxylic acids is 1. The number of hydrogen-bond donors (Lipinski definition) is 0. The number of carbonyl (C=O) groups is 1. The van der Waals surface area contributed by atoms with E-state index in [9.17, 15) is 4.79 Å². The Morgan fingerprint density at radius 1 is 1.20 bits per heavy atom. The molecule has 1 fully saturated rings. The molecular weight excluding hydrogens is 252 g/mol. The molecule has 3 heteroatoms. The maximum absolute atomic E-state index is 12.4. The number of rotatable bonds is 5. The number of benzene rings is 1. The molecule has 2 aliphatic heterocycles. The van der Waals surface area contributed by atoms with Crippen LogP contribution >= 0.6 is 0 Å². The van der Waals surface area contributed by atoms with Gasteiger partial charge in [-0.25, -0.2) is 0 Å². The summed E-state index contributed by atoms with van der Waals surface area (Å²) in [5.74, 6) is 0.218. The lowest BCUT2D eigenvalue weighted by molar-refractivity contribution is -0.132. The van der Waals surface area contributed by atoms with E-state index in [1.807, 2.05) is 18.2 Å². The van der Waals surface area contributed by atoms with Crippen molar-refractivity contribution in [1.82, 2.24) is 0 Å². The summed E-state index contributed by atoms with van der Waals surface area (Å²) in [6.45, 7) is 1.54. The van der Waals surface area contributed by atoms with Gasteiger partial charge in [-0.1, -0.05) is 24.3 Å². The van der Waals surface area contributed by atoms with Crippen LogP contribution in [0.4, 0.5) is 0 Å². The van der Waals surface area contributed by atoms with Gasteiger partial charge in [0.1, 0.15) is 6.10 Å². The first-order chi connectivity index (χ1) is 9.84. The van der Waals surface area contributed by atoms with Gasteiger partial charge in [0.15, 0.2) is 5.78 Å². The normalized spacial score (nSPS) is 25.4. The third-order valence-corrected chi connectivity index (χ3v) is 4.26. The Bertz CT molecular complexity index is 463. The Balaban J connectivity index is 1.55. The van der Waals surface area contributed by atoms with Gasteiger partial charge < -0.3 is 9.47 Å². The van der Waals surface area contributed by atoms with Gasteiger partial charge in [-0.05, 0) is 43.2 Å². The summed E-state index contributed by atoms with van der Waals surface area (Å²) in [4.78, 5) is 12.4. The summed E-state index contributed by atoms with van der Waals surface area (Å²) < 4.78 is 11.3. The van der Waals surface area contributed by atoms with E-state index in [1.165, 1.54) is 5.56 Å². The average Bonchev–Trinajstić information content (AvgIpc) is 3.00. The van der Waals surface area contributed by atoms with Crippen molar-refractivity contribution >= 4 is 5.78 Å². The molecule has 0 radical (unpaired) electrons. The summed E-state index contributed by atoms with van der Waals surface area (Å²) in [5.41, 5.74) is 2.33. The second-order valence-corrected chi connectivity index (χ2v) is 5.69. The molecule has 0 amide bonds. The summed E-state index contributed by atoms with van der Waals surface area (Å²) in [7, 11) is 0. The molecule has 108 valence electrons. The molecule has 20 heavy (non-hydrogen) atoms. The van der Waals surface area contributed by atoms with E-state index in [4.69, 9.17) is 9.47 Å². The standard InChI is InChI=1S/C17H22O3/c18-16(9-3-6-14-7-4-11-19-14)17-15-8-2-1-5-13(15)10-12-20-17/h1-2,5,8,14,17H,3-4,6-7,9-12H2. The fourth-order valence-corrected chi connectivity index (χ4v) is 3.17. The van der Waals surface area contributed by atoms with Crippen LogP contribution in [0.3, 0.4) is 0 Å². The van der Waals surface area contributed by atoms with E-state index in [0.717, 1.165) is 44.3 Å². The fraction of sp³-hybridized carbons (Fsp3) is 0.588. The van der Waals surface area contributed by atoms with Gasteiger partial charge in [-0.2, -0.15) is 0 Å². The highest BCUT2D eigenvalue weighted by Crippen LogP contribution is 2.29. The molecule has 0 bridgehead atoms. The maximum atomic E-state index is 12.4. The van der Waals surface area contributed by atoms with Crippen LogP contribution in [0.5, 0.6) is 0 Å². The summed E-state index contributed by atoms with van der Waals surface area (Å²) in [6.07, 6.45) is 5.77. The highest BCUT2D eigenvalue weighted by atomic mass is 16.5. The van der Waals surface area contributed by atoms with Crippen molar-refractivity contribution in [2.75, 3.05) is 13.2 Å². The fourth-order valence-electron chi connectivity index (χ4n) is 3.17. The van der Waals surface area contributed by atoms with Crippen molar-refractivity contribution in [2.45, 2.75) is 50.7 Å². The van der Waals surface area contributed by atoms with Crippen molar-refractivity contribution in [1.29, 1.82) is 0 Å². The van der Waals surface area contributed by atoms with Crippen LogP contribution in [-0.2, 0) is 20.7 Å². The number of ether oxygens (including phenoxy) is 2. The van der Waals surface area contributed by atoms with E-state index < -0.39 is 0 Å². The lowest BCUT2D eigenvalue weighted by Crippen LogP contribution is -2.23. The third kappa shape index (κ3) is 3.10. The maximum Gasteiger partial charge on any atom is 0.166 e. The molecular formula is C17H22O3. The van der Waals surface area contributed by atoms with Gasteiger partial charge in [0.25, 0.3) is 0 Å². The summed E-state index contributed by atoms with van der Waals surface area (Å²) in [5, 5.41) is 0. The van der Waals surface area contributed by atoms with Gasteiger partial charge in [0.2, 0.25) is 0 Å². The monoisotopic (exact) mass is 274 g/mol. The van der Waals surface area contributed by atoms with Crippen molar-refractivity contribution < 1.29 is 14.3 Å². The van der Waals surface area contributed by atoms with Crippen LogP contribution in [0.15, 0.2) is 24.3 Å². The number of hydrogen-bond acceptors (Lipinski definition) is 3. The molecule has 1 aromatic rings. The number of fused-ring (bicyclic) bond motifs is 1. The van der Waals surface area contributed by atoms with E-state index in [1.54, 1.807) is 0 Å². The minimum Gasteiger partial charge on any atom is -0.378 e. The van der Waals surface area contributed by atoms with Gasteiger partial charge in [-0.15, -0.1) is 0 Å². The molecule has 2 unspecified atom stereocenters. The molecule has 2 heterocycles. The number of Topliss-reactive ketones (excluding diaryl/α,β-unsaturated/α-hetero) is 1. The van der Waals surface area contributed by atoms with E-state index >= 15 is 0 Å². The lowest BCUT2D eigenvalue weighted by Gasteiger charge is -2.25. The molecule has 3 rings (SSSR count). The minimum absolute atomic E-state index is 0.218. The van der Waals surface area contributed by atoms with Gasteiger partial charge >= 0.3 is 0 Å². The zero-order valence-corrected chi connectivity index (χ0v) is 11.8. The highest BCUT2D eigenvalue weighted by Gasteiger charge is 2.26. The first-order valence-electron chi connectivity index (χ1n) is 7.68. The molecule has 0 spiro atoms. The summed E-state index contributed by atoms with van der Waals surface area (Å²) >= 11 is 0. The predicted molar refractivity (Wildman–Crippen MR) is 76.7 cm³/mol. The van der Waals surface area contributed by atoms with Crippen LogP contribution in [0.25, 0.3) is 0 Å². The Morgan fingerprint density at radius 3 is 2.95 bits per heavy atom. The van der Waals surface area contributed by atoms with E-state index in [0.29, 0.717) is 19.1 Å². The van der Waals surface area contributed by atoms with Crippen molar-refractivity contribution in [3.8, 4) is 0 Å². The van der Waals surface area contributed by atoms with Gasteiger partial charge in [0.05, 0.1) is 12.7 Å². The van der Waals surface area contributed by atoms with Crippen LogP contribution in [-0.4, -0.2) is 25.1 Å². The molecule has 0 aliphatic carbocycles. The Labute approximate surface area is 120 Å². The topological polar surface area (TPSA) is 35.5 Å². The second kappa shape index (κ2) is 6.51.